The van der Waals surface area contributed by atoms with Crippen LogP contribution in [0.4, 0.5) is 10.5 Å². The van der Waals surface area contributed by atoms with Gasteiger partial charge in [-0.05, 0) is 36.2 Å². The summed E-state index contributed by atoms with van der Waals surface area (Å²) in [5.41, 5.74) is 2.05. The van der Waals surface area contributed by atoms with E-state index in [1.807, 2.05) is 6.07 Å². The number of amides is 2. The molecule has 120 valence electrons. The highest BCUT2D eigenvalue weighted by Gasteiger charge is 2.23. The van der Waals surface area contributed by atoms with Crippen LogP contribution in [-0.2, 0) is 6.54 Å². The standard InChI is InChI=1S/C18H20ClN3O/c19-15-6-8-16(9-7-15)20-18(23)21-17-10-11-22(13-17)12-14-4-2-1-3-5-14/h1-9,17H,10-13H2,(H2,20,21,23)/t17-/m0/s1. The molecule has 3 rings (SSSR count). The van der Waals surface area contributed by atoms with E-state index >= 15 is 0 Å². The molecule has 0 spiro atoms. The smallest absolute Gasteiger partial charge is 0.319 e. The molecular formula is C18H20ClN3O. The summed E-state index contributed by atoms with van der Waals surface area (Å²) in [5.74, 6) is 0. The minimum absolute atomic E-state index is 0.168. The molecule has 1 saturated heterocycles. The van der Waals surface area contributed by atoms with E-state index in [1.54, 1.807) is 24.3 Å². The summed E-state index contributed by atoms with van der Waals surface area (Å²) in [6, 6.07) is 17.5. The van der Waals surface area contributed by atoms with Crippen molar-refractivity contribution >= 4 is 23.3 Å². The molecule has 1 fully saturated rings. The van der Waals surface area contributed by atoms with Crippen LogP contribution in [0.5, 0.6) is 0 Å². The van der Waals surface area contributed by atoms with Crippen LogP contribution < -0.4 is 10.6 Å². The van der Waals surface area contributed by atoms with Crippen molar-refractivity contribution in [3.05, 3.63) is 65.2 Å². The van der Waals surface area contributed by atoms with Gasteiger partial charge in [0.15, 0.2) is 0 Å². The van der Waals surface area contributed by atoms with Crippen LogP contribution in [0.3, 0.4) is 0 Å². The third-order valence-electron chi connectivity index (χ3n) is 3.96. The van der Waals surface area contributed by atoms with Gasteiger partial charge in [-0.3, -0.25) is 4.90 Å². The van der Waals surface area contributed by atoms with Crippen molar-refractivity contribution < 1.29 is 4.79 Å². The number of nitrogens with zero attached hydrogens (tertiary/aromatic N) is 1. The van der Waals surface area contributed by atoms with Crippen molar-refractivity contribution in [1.29, 1.82) is 0 Å². The van der Waals surface area contributed by atoms with Gasteiger partial charge in [-0.1, -0.05) is 41.9 Å². The van der Waals surface area contributed by atoms with E-state index in [9.17, 15) is 4.79 Å². The Balaban J connectivity index is 1.46. The Morgan fingerprint density at radius 1 is 1.13 bits per heavy atom. The van der Waals surface area contributed by atoms with Gasteiger partial charge < -0.3 is 10.6 Å². The molecule has 1 heterocycles. The number of benzene rings is 2. The number of halogens is 1. The lowest BCUT2D eigenvalue weighted by atomic mass is 10.2. The third-order valence-corrected chi connectivity index (χ3v) is 4.21. The molecule has 2 aromatic rings. The van der Waals surface area contributed by atoms with E-state index in [2.05, 4.69) is 39.8 Å². The number of carbonyl (C=O) groups excluding carboxylic acids is 1. The zero-order valence-corrected chi connectivity index (χ0v) is 13.6. The fourth-order valence-corrected chi connectivity index (χ4v) is 2.95. The number of nitrogens with one attached hydrogen (secondary N) is 2. The van der Waals surface area contributed by atoms with Gasteiger partial charge in [0.05, 0.1) is 0 Å². The number of likely N-dealkylation sites (tertiary alicyclic amines) is 1. The molecule has 23 heavy (non-hydrogen) atoms. The second kappa shape index (κ2) is 7.49. The van der Waals surface area contributed by atoms with Crippen LogP contribution in [-0.4, -0.2) is 30.1 Å². The maximum absolute atomic E-state index is 12.0. The molecule has 0 aliphatic carbocycles. The first-order chi connectivity index (χ1) is 11.2. The predicted octanol–water partition coefficient (Wildman–Crippen LogP) is 3.74. The Morgan fingerprint density at radius 2 is 1.87 bits per heavy atom. The lowest BCUT2D eigenvalue weighted by Gasteiger charge is -2.17. The van der Waals surface area contributed by atoms with Crippen molar-refractivity contribution in [3.8, 4) is 0 Å². The van der Waals surface area contributed by atoms with E-state index in [0.29, 0.717) is 5.02 Å². The minimum atomic E-state index is -0.168. The van der Waals surface area contributed by atoms with Crippen molar-refractivity contribution in [2.75, 3.05) is 18.4 Å². The highest BCUT2D eigenvalue weighted by atomic mass is 35.5. The SMILES string of the molecule is O=C(Nc1ccc(Cl)cc1)N[C@H]1CCN(Cc2ccccc2)C1. The van der Waals surface area contributed by atoms with E-state index < -0.39 is 0 Å². The number of anilines is 1. The third kappa shape index (κ3) is 4.71. The van der Waals surface area contributed by atoms with Crippen LogP contribution in [0.1, 0.15) is 12.0 Å². The lowest BCUT2D eigenvalue weighted by molar-refractivity contribution is 0.247. The largest absolute Gasteiger partial charge is 0.334 e. The summed E-state index contributed by atoms with van der Waals surface area (Å²) >= 11 is 5.83. The van der Waals surface area contributed by atoms with E-state index in [1.165, 1.54) is 5.56 Å². The average Bonchev–Trinajstić information content (AvgIpc) is 2.97. The van der Waals surface area contributed by atoms with E-state index in [4.69, 9.17) is 11.6 Å². The second-order valence-electron chi connectivity index (χ2n) is 5.81. The van der Waals surface area contributed by atoms with Crippen molar-refractivity contribution in [1.82, 2.24) is 10.2 Å². The first-order valence-electron chi connectivity index (χ1n) is 7.78. The van der Waals surface area contributed by atoms with Crippen LogP contribution in [0, 0.1) is 0 Å². The minimum Gasteiger partial charge on any atom is -0.334 e. The molecule has 5 heteroatoms. The molecule has 0 unspecified atom stereocenters. The zero-order chi connectivity index (χ0) is 16.1. The maximum Gasteiger partial charge on any atom is 0.319 e. The molecule has 4 nitrogen and oxygen atoms in total. The maximum atomic E-state index is 12.0. The molecule has 1 aliphatic rings. The molecule has 1 atom stereocenters. The quantitative estimate of drug-likeness (QED) is 0.897. The highest BCUT2D eigenvalue weighted by molar-refractivity contribution is 6.30. The molecule has 0 bridgehead atoms. The summed E-state index contributed by atoms with van der Waals surface area (Å²) in [6.07, 6.45) is 0.973. The molecule has 0 saturated carbocycles. The van der Waals surface area contributed by atoms with Gasteiger partial charge in [0, 0.05) is 36.4 Å². The van der Waals surface area contributed by atoms with Crippen LogP contribution >= 0.6 is 11.6 Å². The van der Waals surface area contributed by atoms with Gasteiger partial charge in [-0.2, -0.15) is 0 Å². The number of urea groups is 1. The monoisotopic (exact) mass is 329 g/mol. The first-order valence-corrected chi connectivity index (χ1v) is 8.16. The number of carbonyl (C=O) groups is 1. The normalized spacial score (nSPS) is 17.9. The molecular weight excluding hydrogens is 310 g/mol. The summed E-state index contributed by atoms with van der Waals surface area (Å²) in [7, 11) is 0. The summed E-state index contributed by atoms with van der Waals surface area (Å²) in [6.45, 7) is 2.81. The summed E-state index contributed by atoms with van der Waals surface area (Å²) in [5, 5.41) is 6.52. The van der Waals surface area contributed by atoms with Crippen molar-refractivity contribution in [2.45, 2.75) is 19.0 Å². The predicted molar refractivity (Wildman–Crippen MR) is 93.7 cm³/mol. The van der Waals surface area contributed by atoms with Gasteiger partial charge in [0.1, 0.15) is 0 Å². The lowest BCUT2D eigenvalue weighted by Crippen LogP contribution is -2.39. The summed E-state index contributed by atoms with van der Waals surface area (Å²) < 4.78 is 0. The van der Waals surface area contributed by atoms with Gasteiger partial charge in [0.2, 0.25) is 0 Å². The molecule has 2 aromatic carbocycles. The van der Waals surface area contributed by atoms with Crippen molar-refractivity contribution in [2.24, 2.45) is 0 Å². The second-order valence-corrected chi connectivity index (χ2v) is 6.25. The fourth-order valence-electron chi connectivity index (χ4n) is 2.82. The number of hydrogen-bond acceptors (Lipinski definition) is 2. The fraction of sp³-hybridized carbons (Fsp3) is 0.278. The van der Waals surface area contributed by atoms with Crippen LogP contribution in [0.25, 0.3) is 0 Å². The van der Waals surface area contributed by atoms with Gasteiger partial charge in [0.25, 0.3) is 0 Å². The van der Waals surface area contributed by atoms with Crippen LogP contribution in [0.15, 0.2) is 54.6 Å². The Labute approximate surface area is 141 Å². The molecule has 2 amide bonds. The zero-order valence-electron chi connectivity index (χ0n) is 12.8. The van der Waals surface area contributed by atoms with Gasteiger partial charge in [-0.15, -0.1) is 0 Å². The molecule has 2 N–H and O–H groups in total. The Kier molecular flexibility index (Phi) is 5.16. The number of hydrogen-bond donors (Lipinski definition) is 2. The van der Waals surface area contributed by atoms with E-state index in [-0.39, 0.29) is 12.1 Å². The topological polar surface area (TPSA) is 44.4 Å². The molecule has 0 radical (unpaired) electrons. The number of rotatable bonds is 4. The Hall–Kier alpha value is -2.04. The van der Waals surface area contributed by atoms with Gasteiger partial charge >= 0.3 is 6.03 Å². The van der Waals surface area contributed by atoms with Gasteiger partial charge in [-0.25, -0.2) is 4.79 Å². The van der Waals surface area contributed by atoms with Crippen molar-refractivity contribution in [3.63, 3.8) is 0 Å². The van der Waals surface area contributed by atoms with E-state index in [0.717, 1.165) is 31.7 Å². The molecule has 0 aromatic heterocycles. The Morgan fingerprint density at radius 3 is 2.61 bits per heavy atom. The first kappa shape index (κ1) is 15.8. The molecule has 1 aliphatic heterocycles. The Bertz CT molecular complexity index is 645. The summed E-state index contributed by atoms with van der Waals surface area (Å²) in [4.78, 5) is 14.4. The highest BCUT2D eigenvalue weighted by Crippen LogP contribution is 2.15. The average molecular weight is 330 g/mol. The van der Waals surface area contributed by atoms with Crippen LogP contribution in [0.2, 0.25) is 5.02 Å².